The second-order valence-corrected chi connectivity index (χ2v) is 12.4. The van der Waals surface area contributed by atoms with Crippen molar-refractivity contribution in [2.75, 3.05) is 11.5 Å². The molecule has 0 radical (unpaired) electrons. The van der Waals surface area contributed by atoms with Crippen molar-refractivity contribution in [2.45, 2.75) is 52.6 Å². The molecule has 4 nitrogen and oxygen atoms in total. The van der Waals surface area contributed by atoms with Crippen molar-refractivity contribution in [3.05, 3.63) is 46.0 Å². The van der Waals surface area contributed by atoms with E-state index in [4.69, 9.17) is 23.2 Å². The Balaban J connectivity index is 1.86. The molecule has 0 N–H and O–H groups in total. The number of amides is 1. The summed E-state index contributed by atoms with van der Waals surface area (Å²) in [5.41, 5.74) is 2.00. The summed E-state index contributed by atoms with van der Waals surface area (Å²) in [6, 6.07) is 7.93. The summed E-state index contributed by atoms with van der Waals surface area (Å²) in [4.78, 5) is 15.3. The van der Waals surface area contributed by atoms with Gasteiger partial charge in [-0.05, 0) is 40.9 Å². The number of rotatable bonds is 6. The first-order valence-corrected chi connectivity index (χ1v) is 12.6. The van der Waals surface area contributed by atoms with Crippen LogP contribution in [0.4, 0.5) is 0 Å². The highest BCUT2D eigenvalue weighted by Gasteiger charge is 2.62. The molecule has 0 spiro atoms. The average Bonchev–Trinajstić information content (AvgIpc) is 2.94. The van der Waals surface area contributed by atoms with Crippen LogP contribution in [0.15, 0.2) is 34.8 Å². The van der Waals surface area contributed by atoms with Gasteiger partial charge in [0, 0.05) is 12.6 Å². The summed E-state index contributed by atoms with van der Waals surface area (Å²) >= 11 is 11.7. The molecule has 2 aliphatic rings. The number of carbonyl (C=O) groups excluding carboxylic acids is 1. The summed E-state index contributed by atoms with van der Waals surface area (Å²) in [6.45, 7) is 8.73. The lowest BCUT2D eigenvalue weighted by Gasteiger charge is -2.29. The van der Waals surface area contributed by atoms with E-state index >= 15 is 0 Å². The molecule has 160 valence electrons. The third kappa shape index (κ3) is 5.00. The normalized spacial score (nSPS) is 26.9. The lowest BCUT2D eigenvalue weighted by Crippen LogP contribution is -2.42. The summed E-state index contributed by atoms with van der Waals surface area (Å²) < 4.78 is 24.3. The molecule has 2 fully saturated rings. The maximum Gasteiger partial charge on any atom is 0.227 e. The van der Waals surface area contributed by atoms with Crippen LogP contribution in [0.5, 0.6) is 0 Å². The van der Waals surface area contributed by atoms with E-state index in [1.54, 1.807) is 11.0 Å². The lowest BCUT2D eigenvalue weighted by molar-refractivity contribution is -0.136. The molecule has 7 heteroatoms. The van der Waals surface area contributed by atoms with Gasteiger partial charge in [0.1, 0.15) is 4.49 Å². The quantitative estimate of drug-likeness (QED) is 0.608. The number of nitrogens with zero attached hydrogens (tertiary/aromatic N) is 1. The zero-order chi connectivity index (χ0) is 21.6. The lowest BCUT2D eigenvalue weighted by atomic mass is 10.0. The zero-order valence-corrected chi connectivity index (χ0v) is 19.7. The minimum Gasteiger partial charge on any atom is -0.334 e. The van der Waals surface area contributed by atoms with E-state index in [2.05, 4.69) is 26.0 Å². The number of halogens is 2. The van der Waals surface area contributed by atoms with Gasteiger partial charge in [-0.2, -0.15) is 0 Å². The Morgan fingerprint density at radius 3 is 2.34 bits per heavy atom. The summed E-state index contributed by atoms with van der Waals surface area (Å²) in [7, 11) is -3.10. The van der Waals surface area contributed by atoms with Gasteiger partial charge in [0.05, 0.1) is 17.4 Å². The van der Waals surface area contributed by atoms with Crippen molar-refractivity contribution in [3.8, 4) is 0 Å². The molecule has 0 aromatic heterocycles. The number of carbonyl (C=O) groups is 1. The summed E-state index contributed by atoms with van der Waals surface area (Å²) in [5, 5.41) is 0. The molecular formula is C22H29Cl2NO3S. The van der Waals surface area contributed by atoms with Crippen molar-refractivity contribution in [2.24, 2.45) is 17.3 Å². The molecule has 3 atom stereocenters. The SMILES string of the molecule is CC(C)c1ccc(CN(C(=O)[C@@H]2[C@H](C=C(Cl)Cl)C2(C)C)[C@@H]2CCS(=O)(=O)C2)cc1. The highest BCUT2D eigenvalue weighted by Crippen LogP contribution is 2.60. The largest absolute Gasteiger partial charge is 0.334 e. The number of hydrogen-bond acceptors (Lipinski definition) is 3. The summed E-state index contributed by atoms with van der Waals surface area (Å²) in [5.74, 6) is 0.311. The monoisotopic (exact) mass is 457 g/mol. The molecule has 1 aliphatic carbocycles. The second kappa shape index (κ2) is 8.24. The Morgan fingerprint density at radius 2 is 1.86 bits per heavy atom. The van der Waals surface area contributed by atoms with E-state index < -0.39 is 9.84 Å². The first-order chi connectivity index (χ1) is 13.4. The molecule has 1 amide bonds. The predicted molar refractivity (Wildman–Crippen MR) is 119 cm³/mol. The van der Waals surface area contributed by atoms with Crippen molar-refractivity contribution in [1.82, 2.24) is 4.90 Å². The Kier molecular flexibility index (Phi) is 6.43. The molecule has 0 unspecified atom stereocenters. The third-order valence-corrected chi connectivity index (χ3v) is 8.42. The van der Waals surface area contributed by atoms with E-state index in [9.17, 15) is 13.2 Å². The van der Waals surface area contributed by atoms with E-state index in [1.807, 2.05) is 26.0 Å². The molecule has 1 aromatic carbocycles. The van der Waals surface area contributed by atoms with Crippen molar-refractivity contribution in [3.63, 3.8) is 0 Å². The number of benzene rings is 1. The van der Waals surface area contributed by atoms with Crippen LogP contribution in [0.1, 0.15) is 51.2 Å². The fourth-order valence-corrected chi connectivity index (χ4v) is 6.39. The molecule has 1 aromatic rings. The van der Waals surface area contributed by atoms with Gasteiger partial charge in [0.15, 0.2) is 9.84 Å². The average molecular weight is 458 g/mol. The first-order valence-electron chi connectivity index (χ1n) is 10.0. The molecule has 1 saturated carbocycles. The first kappa shape index (κ1) is 22.6. The predicted octanol–water partition coefficient (Wildman–Crippen LogP) is 4.92. The van der Waals surface area contributed by atoms with E-state index in [0.29, 0.717) is 18.9 Å². The highest BCUT2D eigenvalue weighted by molar-refractivity contribution is 7.91. The molecule has 3 rings (SSSR count). The van der Waals surface area contributed by atoms with Gasteiger partial charge in [-0.15, -0.1) is 0 Å². The zero-order valence-electron chi connectivity index (χ0n) is 17.4. The second-order valence-electron chi connectivity index (χ2n) is 9.20. The molecule has 1 aliphatic heterocycles. The van der Waals surface area contributed by atoms with Crippen LogP contribution in [0, 0.1) is 17.3 Å². The van der Waals surface area contributed by atoms with Gasteiger partial charge in [0.2, 0.25) is 5.91 Å². The minimum absolute atomic E-state index is 0.0131. The number of allylic oxidation sites excluding steroid dienone is 1. The van der Waals surface area contributed by atoms with E-state index in [-0.39, 0.29) is 45.2 Å². The highest BCUT2D eigenvalue weighted by atomic mass is 35.5. The number of hydrogen-bond donors (Lipinski definition) is 0. The van der Waals surface area contributed by atoms with Crippen LogP contribution in [-0.4, -0.2) is 36.8 Å². The van der Waals surface area contributed by atoms with Crippen LogP contribution >= 0.6 is 23.2 Å². The Hall–Kier alpha value is -1.04. The third-order valence-electron chi connectivity index (χ3n) is 6.41. The van der Waals surface area contributed by atoms with E-state index in [0.717, 1.165) is 5.56 Å². The van der Waals surface area contributed by atoms with Crippen LogP contribution in [-0.2, 0) is 21.2 Å². The van der Waals surface area contributed by atoms with Crippen LogP contribution in [0.3, 0.4) is 0 Å². The molecule has 0 bridgehead atoms. The Bertz CT molecular complexity index is 902. The van der Waals surface area contributed by atoms with Gasteiger partial charge < -0.3 is 4.90 Å². The summed E-state index contributed by atoms with van der Waals surface area (Å²) in [6.07, 6.45) is 2.22. The molecular weight excluding hydrogens is 429 g/mol. The Labute approximate surface area is 184 Å². The van der Waals surface area contributed by atoms with Gasteiger partial charge >= 0.3 is 0 Å². The van der Waals surface area contributed by atoms with E-state index in [1.165, 1.54) is 5.56 Å². The maximum absolute atomic E-state index is 13.5. The number of sulfone groups is 1. The fourth-order valence-electron chi connectivity index (χ4n) is 4.39. The minimum atomic E-state index is -3.10. The van der Waals surface area contributed by atoms with Crippen molar-refractivity contribution in [1.29, 1.82) is 0 Å². The van der Waals surface area contributed by atoms with Gasteiger partial charge in [0.25, 0.3) is 0 Å². The van der Waals surface area contributed by atoms with Crippen molar-refractivity contribution < 1.29 is 13.2 Å². The van der Waals surface area contributed by atoms with Gasteiger partial charge in [-0.1, -0.05) is 75.2 Å². The van der Waals surface area contributed by atoms with Gasteiger partial charge in [-0.3, -0.25) is 4.79 Å². The fraction of sp³-hybridized carbons (Fsp3) is 0.591. The maximum atomic E-state index is 13.5. The molecule has 29 heavy (non-hydrogen) atoms. The van der Waals surface area contributed by atoms with Crippen LogP contribution in [0.25, 0.3) is 0 Å². The van der Waals surface area contributed by atoms with Crippen LogP contribution < -0.4 is 0 Å². The standard InChI is InChI=1S/C22H29Cl2NO3S/c1-14(2)16-7-5-15(6-8-16)12-25(17-9-10-29(27,28)13-17)21(26)20-18(11-19(23)24)22(20,3)4/h5-8,11,14,17-18,20H,9-10,12-13H2,1-4H3/t17-,18+,20+/m1/s1. The van der Waals surface area contributed by atoms with Gasteiger partial charge in [-0.25, -0.2) is 8.42 Å². The topological polar surface area (TPSA) is 54.5 Å². The van der Waals surface area contributed by atoms with Crippen molar-refractivity contribution >= 4 is 38.9 Å². The Morgan fingerprint density at radius 1 is 1.24 bits per heavy atom. The molecule has 1 heterocycles. The smallest absolute Gasteiger partial charge is 0.227 e. The molecule has 1 saturated heterocycles. The van der Waals surface area contributed by atoms with Crippen LogP contribution in [0.2, 0.25) is 0 Å².